The van der Waals surface area contributed by atoms with Crippen LogP contribution >= 0.6 is 0 Å². The first kappa shape index (κ1) is 22.2. The molecule has 0 heterocycles. The highest BCUT2D eigenvalue weighted by Gasteiger charge is 2.61. The molecule has 1 nitrogen and oxygen atoms in total. The Bertz CT molecular complexity index is 569. The van der Waals surface area contributed by atoms with E-state index in [9.17, 15) is 5.11 Å². The van der Waals surface area contributed by atoms with Gasteiger partial charge in [-0.15, -0.1) is 0 Å². The molecule has 4 aliphatic rings. The molecule has 0 spiro atoms. The van der Waals surface area contributed by atoms with Crippen LogP contribution in [0.1, 0.15) is 112 Å². The first-order valence-corrected chi connectivity index (χ1v) is 13.4. The van der Waals surface area contributed by atoms with E-state index in [0.717, 1.165) is 47.8 Å². The first-order chi connectivity index (χ1) is 13.7. The van der Waals surface area contributed by atoms with Gasteiger partial charge >= 0.3 is 0 Å². The lowest BCUT2D eigenvalue weighted by Gasteiger charge is -2.62. The third-order valence-electron chi connectivity index (χ3n) is 11.4. The molecular formula is C28H50O. The molecule has 168 valence electrons. The van der Waals surface area contributed by atoms with Gasteiger partial charge in [0, 0.05) is 0 Å². The molecule has 4 saturated carbocycles. The molecule has 0 aliphatic heterocycles. The van der Waals surface area contributed by atoms with Gasteiger partial charge in [0.2, 0.25) is 0 Å². The molecule has 1 heteroatoms. The standard InChI is InChI=1S/C28H50O/c1-18(2)8-7-9-19(3)22-12-13-24-21-10-11-23-20(4)26(29)15-17-28(23,6)25(21)14-16-27(22,24)5/h18-26,29H,7-17H2,1-6H3/t19?,20-,21-,22+,23+,24-,25-,26-,27+,28-/m0/s1. The summed E-state index contributed by atoms with van der Waals surface area (Å²) < 4.78 is 0. The molecule has 0 saturated heterocycles. The van der Waals surface area contributed by atoms with Crippen LogP contribution in [0.15, 0.2) is 0 Å². The molecule has 1 N–H and O–H groups in total. The summed E-state index contributed by atoms with van der Waals surface area (Å²) in [6, 6.07) is 0. The van der Waals surface area contributed by atoms with Crippen LogP contribution in [0.4, 0.5) is 0 Å². The van der Waals surface area contributed by atoms with Crippen molar-refractivity contribution in [2.45, 2.75) is 118 Å². The predicted octanol–water partition coefficient (Wildman–Crippen LogP) is 7.71. The summed E-state index contributed by atoms with van der Waals surface area (Å²) in [6.45, 7) is 15.0. The van der Waals surface area contributed by atoms with Crippen LogP contribution in [-0.4, -0.2) is 11.2 Å². The third kappa shape index (κ3) is 3.64. The van der Waals surface area contributed by atoms with Crippen LogP contribution in [-0.2, 0) is 0 Å². The highest BCUT2D eigenvalue weighted by molar-refractivity contribution is 5.10. The summed E-state index contributed by atoms with van der Waals surface area (Å²) >= 11 is 0. The lowest BCUT2D eigenvalue weighted by molar-refractivity contribution is -0.149. The average molecular weight is 403 g/mol. The second-order valence-electron chi connectivity index (χ2n) is 13.1. The monoisotopic (exact) mass is 402 g/mol. The van der Waals surface area contributed by atoms with E-state index in [1.165, 1.54) is 64.2 Å². The topological polar surface area (TPSA) is 20.2 Å². The Morgan fingerprint density at radius 3 is 2.17 bits per heavy atom. The quantitative estimate of drug-likeness (QED) is 0.499. The minimum Gasteiger partial charge on any atom is -0.393 e. The molecule has 10 atom stereocenters. The van der Waals surface area contributed by atoms with E-state index in [4.69, 9.17) is 0 Å². The summed E-state index contributed by atoms with van der Waals surface area (Å²) in [7, 11) is 0. The fourth-order valence-electron chi connectivity index (χ4n) is 9.73. The summed E-state index contributed by atoms with van der Waals surface area (Å²) in [6.07, 6.45) is 15.4. The second-order valence-corrected chi connectivity index (χ2v) is 13.1. The minimum atomic E-state index is -0.0407. The highest BCUT2D eigenvalue weighted by Crippen LogP contribution is 2.68. The Hall–Kier alpha value is -0.0400. The van der Waals surface area contributed by atoms with Crippen LogP contribution < -0.4 is 0 Å². The van der Waals surface area contributed by atoms with Gasteiger partial charge in [0.25, 0.3) is 0 Å². The molecule has 4 fully saturated rings. The van der Waals surface area contributed by atoms with Crippen LogP contribution in [0.2, 0.25) is 0 Å². The zero-order valence-corrected chi connectivity index (χ0v) is 20.4. The lowest BCUT2D eigenvalue weighted by atomic mass is 9.43. The smallest absolute Gasteiger partial charge is 0.0568 e. The van der Waals surface area contributed by atoms with Gasteiger partial charge in [-0.3, -0.25) is 0 Å². The van der Waals surface area contributed by atoms with Gasteiger partial charge in [-0.05, 0) is 110 Å². The maximum Gasteiger partial charge on any atom is 0.0568 e. The largest absolute Gasteiger partial charge is 0.393 e. The maximum absolute atomic E-state index is 10.5. The van der Waals surface area contributed by atoms with Crippen molar-refractivity contribution in [1.82, 2.24) is 0 Å². The summed E-state index contributed by atoms with van der Waals surface area (Å²) in [5, 5.41) is 10.5. The van der Waals surface area contributed by atoms with Crippen molar-refractivity contribution < 1.29 is 5.11 Å². The number of rotatable bonds is 5. The van der Waals surface area contributed by atoms with Gasteiger partial charge in [0.05, 0.1) is 6.10 Å². The van der Waals surface area contributed by atoms with Gasteiger partial charge in [-0.2, -0.15) is 0 Å². The lowest BCUT2D eigenvalue weighted by Crippen LogP contribution is -2.56. The van der Waals surface area contributed by atoms with Crippen LogP contribution in [0, 0.1) is 58.2 Å². The summed E-state index contributed by atoms with van der Waals surface area (Å²) in [5.41, 5.74) is 1.12. The second kappa shape index (κ2) is 8.14. The zero-order valence-electron chi connectivity index (χ0n) is 20.4. The van der Waals surface area contributed by atoms with Crippen LogP contribution in [0.25, 0.3) is 0 Å². The molecule has 0 aromatic heterocycles. The van der Waals surface area contributed by atoms with Gasteiger partial charge in [-0.25, -0.2) is 0 Å². The molecule has 0 amide bonds. The van der Waals surface area contributed by atoms with E-state index in [-0.39, 0.29) is 6.10 Å². The van der Waals surface area contributed by atoms with Crippen molar-refractivity contribution >= 4 is 0 Å². The number of fused-ring (bicyclic) bond motifs is 5. The number of hydrogen-bond donors (Lipinski definition) is 1. The van der Waals surface area contributed by atoms with Crippen molar-refractivity contribution in [3.8, 4) is 0 Å². The minimum absolute atomic E-state index is 0.0407. The fraction of sp³-hybridized carbons (Fsp3) is 1.00. The molecular weight excluding hydrogens is 352 g/mol. The third-order valence-corrected chi connectivity index (χ3v) is 11.4. The Morgan fingerprint density at radius 1 is 0.793 bits per heavy atom. The Kier molecular flexibility index (Phi) is 6.22. The van der Waals surface area contributed by atoms with E-state index in [1.54, 1.807) is 0 Å². The predicted molar refractivity (Wildman–Crippen MR) is 124 cm³/mol. The SMILES string of the molecule is CC(C)CCCC(C)[C@H]1CC[C@H]2[C@@H]3CC[C@@H]4[C@H](C)[C@@H](O)CC[C@]4(C)[C@H]3CC[C@]12C. The Balaban J connectivity index is 1.48. The normalized spacial score (nSPS) is 50.7. The average Bonchev–Trinajstić information content (AvgIpc) is 3.02. The van der Waals surface area contributed by atoms with Gasteiger partial charge in [0.1, 0.15) is 0 Å². The first-order valence-electron chi connectivity index (χ1n) is 13.4. The zero-order chi connectivity index (χ0) is 21.0. The number of aliphatic hydroxyl groups is 1. The summed E-state index contributed by atoms with van der Waals surface area (Å²) in [4.78, 5) is 0. The van der Waals surface area contributed by atoms with Crippen molar-refractivity contribution in [1.29, 1.82) is 0 Å². The van der Waals surface area contributed by atoms with Crippen LogP contribution in [0.3, 0.4) is 0 Å². The van der Waals surface area contributed by atoms with E-state index < -0.39 is 0 Å². The fourth-order valence-corrected chi connectivity index (χ4v) is 9.73. The van der Waals surface area contributed by atoms with Gasteiger partial charge in [-0.1, -0.05) is 60.8 Å². The number of aliphatic hydroxyl groups excluding tert-OH is 1. The molecule has 0 bridgehead atoms. The molecule has 4 aliphatic carbocycles. The maximum atomic E-state index is 10.5. The van der Waals surface area contributed by atoms with E-state index in [2.05, 4.69) is 41.5 Å². The van der Waals surface area contributed by atoms with E-state index >= 15 is 0 Å². The molecule has 0 radical (unpaired) electrons. The molecule has 29 heavy (non-hydrogen) atoms. The van der Waals surface area contributed by atoms with Crippen molar-refractivity contribution in [3.63, 3.8) is 0 Å². The number of hydrogen-bond acceptors (Lipinski definition) is 1. The molecule has 4 rings (SSSR count). The highest BCUT2D eigenvalue weighted by atomic mass is 16.3. The van der Waals surface area contributed by atoms with Crippen LogP contribution in [0.5, 0.6) is 0 Å². The van der Waals surface area contributed by atoms with E-state index in [1.807, 2.05) is 0 Å². The summed E-state index contributed by atoms with van der Waals surface area (Å²) in [5.74, 6) is 6.92. The van der Waals surface area contributed by atoms with Crippen molar-refractivity contribution in [3.05, 3.63) is 0 Å². The van der Waals surface area contributed by atoms with Gasteiger partial charge < -0.3 is 5.11 Å². The van der Waals surface area contributed by atoms with E-state index in [0.29, 0.717) is 16.7 Å². The van der Waals surface area contributed by atoms with Gasteiger partial charge in [0.15, 0.2) is 0 Å². The Labute approximate surface area is 181 Å². The van der Waals surface area contributed by atoms with Crippen molar-refractivity contribution in [2.24, 2.45) is 58.2 Å². The molecule has 0 aromatic rings. The molecule has 0 aromatic carbocycles. The van der Waals surface area contributed by atoms with Crippen molar-refractivity contribution in [2.75, 3.05) is 0 Å². The Morgan fingerprint density at radius 2 is 1.45 bits per heavy atom. The molecule has 1 unspecified atom stereocenters.